The second kappa shape index (κ2) is 4.50. The molecule has 1 aromatic carbocycles. The van der Waals surface area contributed by atoms with E-state index in [1.54, 1.807) is 4.72 Å². The molecule has 82 valence electrons. The molecule has 0 saturated carbocycles. The molecular formula is C8H9ClN2O3S. The lowest BCUT2D eigenvalue weighted by atomic mass is 10.3. The molecule has 0 aliphatic heterocycles. The second-order valence-electron chi connectivity index (χ2n) is 2.73. The zero-order chi connectivity index (χ0) is 11.5. The van der Waals surface area contributed by atoms with E-state index in [0.29, 0.717) is 5.69 Å². The van der Waals surface area contributed by atoms with Gasteiger partial charge in [0, 0.05) is 5.69 Å². The Morgan fingerprint density at radius 3 is 2.33 bits per heavy atom. The van der Waals surface area contributed by atoms with Crippen molar-refractivity contribution in [2.45, 2.75) is 4.90 Å². The van der Waals surface area contributed by atoms with Crippen LogP contribution in [0.3, 0.4) is 0 Å². The van der Waals surface area contributed by atoms with Gasteiger partial charge < -0.3 is 5.73 Å². The molecule has 7 heteroatoms. The van der Waals surface area contributed by atoms with Crippen LogP contribution >= 0.6 is 11.6 Å². The molecule has 15 heavy (non-hydrogen) atoms. The maximum Gasteiger partial charge on any atom is 0.264 e. The fraction of sp³-hybridized carbons (Fsp3) is 0.125. The molecule has 0 fully saturated rings. The lowest BCUT2D eigenvalue weighted by molar-refractivity contribution is -0.116. The van der Waals surface area contributed by atoms with Crippen molar-refractivity contribution in [1.82, 2.24) is 4.72 Å². The van der Waals surface area contributed by atoms with E-state index in [0.717, 1.165) is 0 Å². The third-order valence-corrected chi connectivity index (χ3v) is 3.19. The highest BCUT2D eigenvalue weighted by Gasteiger charge is 2.16. The van der Waals surface area contributed by atoms with Gasteiger partial charge in [0.15, 0.2) is 0 Å². The van der Waals surface area contributed by atoms with Gasteiger partial charge in [-0.25, -0.2) is 13.1 Å². The molecule has 0 atom stereocenters. The Hall–Kier alpha value is -1.27. The number of amides is 1. The van der Waals surface area contributed by atoms with Crippen molar-refractivity contribution in [1.29, 1.82) is 0 Å². The van der Waals surface area contributed by atoms with Crippen LogP contribution in [-0.4, -0.2) is 20.2 Å². The number of sulfonamides is 1. The zero-order valence-electron chi connectivity index (χ0n) is 7.60. The molecule has 3 N–H and O–H groups in total. The SMILES string of the molecule is Nc1ccc(S(=O)(=O)NC(=O)CCl)cc1. The van der Waals surface area contributed by atoms with Crippen LogP contribution in [0.5, 0.6) is 0 Å². The zero-order valence-corrected chi connectivity index (χ0v) is 9.18. The highest BCUT2D eigenvalue weighted by Crippen LogP contribution is 2.11. The lowest BCUT2D eigenvalue weighted by Crippen LogP contribution is -2.31. The first-order chi connectivity index (χ1) is 6.95. The summed E-state index contributed by atoms with van der Waals surface area (Å²) >= 11 is 5.17. The van der Waals surface area contributed by atoms with E-state index in [4.69, 9.17) is 17.3 Å². The molecule has 5 nitrogen and oxygen atoms in total. The van der Waals surface area contributed by atoms with Crippen LogP contribution in [0.1, 0.15) is 0 Å². The Labute approximate surface area is 92.3 Å². The summed E-state index contributed by atoms with van der Waals surface area (Å²) in [6, 6.07) is 5.47. The topological polar surface area (TPSA) is 89.3 Å². The molecule has 1 rings (SSSR count). The summed E-state index contributed by atoms with van der Waals surface area (Å²) in [6.45, 7) is 0. The molecule has 0 aromatic heterocycles. The maximum absolute atomic E-state index is 11.5. The minimum atomic E-state index is -3.83. The summed E-state index contributed by atoms with van der Waals surface area (Å²) in [7, 11) is -3.83. The lowest BCUT2D eigenvalue weighted by Gasteiger charge is -2.04. The summed E-state index contributed by atoms with van der Waals surface area (Å²) in [4.78, 5) is 10.8. The average molecular weight is 249 g/mol. The number of alkyl halides is 1. The van der Waals surface area contributed by atoms with Gasteiger partial charge in [-0.1, -0.05) is 0 Å². The number of benzene rings is 1. The normalized spacial score (nSPS) is 11.0. The standard InChI is InChI=1S/C8H9ClN2O3S/c9-5-8(12)11-15(13,14)7-3-1-6(10)2-4-7/h1-4H,5,10H2,(H,11,12). The Bertz CT molecular complexity index is 455. The number of nitrogens with two attached hydrogens (primary N) is 1. The summed E-state index contributed by atoms with van der Waals surface area (Å²) in [5, 5.41) is 0. The highest BCUT2D eigenvalue weighted by atomic mass is 35.5. The van der Waals surface area contributed by atoms with Crippen LogP contribution in [0.2, 0.25) is 0 Å². The number of hydrogen-bond donors (Lipinski definition) is 2. The summed E-state index contributed by atoms with van der Waals surface area (Å²) in [6.07, 6.45) is 0. The highest BCUT2D eigenvalue weighted by molar-refractivity contribution is 7.90. The third-order valence-electron chi connectivity index (χ3n) is 1.56. The fourth-order valence-electron chi connectivity index (χ4n) is 0.883. The van der Waals surface area contributed by atoms with Gasteiger partial charge in [0.05, 0.1) is 4.90 Å². The Kier molecular flexibility index (Phi) is 3.54. The molecule has 0 radical (unpaired) electrons. The first-order valence-corrected chi connectivity index (χ1v) is 5.94. The quantitative estimate of drug-likeness (QED) is 0.595. The number of rotatable bonds is 3. The number of hydrogen-bond acceptors (Lipinski definition) is 4. The molecule has 1 aromatic rings. The number of nitrogens with one attached hydrogen (secondary N) is 1. The monoisotopic (exact) mass is 248 g/mol. The number of carbonyl (C=O) groups excluding carboxylic acids is 1. The first kappa shape index (κ1) is 11.8. The molecule has 0 spiro atoms. The van der Waals surface area contributed by atoms with Gasteiger partial charge in [0.2, 0.25) is 5.91 Å². The Balaban J connectivity index is 2.96. The first-order valence-electron chi connectivity index (χ1n) is 3.93. The minimum Gasteiger partial charge on any atom is -0.399 e. The van der Waals surface area contributed by atoms with E-state index in [9.17, 15) is 13.2 Å². The average Bonchev–Trinajstić information content (AvgIpc) is 2.17. The second-order valence-corrected chi connectivity index (χ2v) is 4.68. The minimum absolute atomic E-state index is 0.0323. The molecule has 0 aliphatic rings. The van der Waals surface area contributed by atoms with Gasteiger partial charge in [-0.2, -0.15) is 0 Å². The van der Waals surface area contributed by atoms with Crippen molar-refractivity contribution >= 4 is 33.2 Å². The van der Waals surface area contributed by atoms with Gasteiger partial charge in [-0.15, -0.1) is 11.6 Å². The van der Waals surface area contributed by atoms with Crippen molar-refractivity contribution in [2.24, 2.45) is 0 Å². The number of carbonyl (C=O) groups is 1. The van der Waals surface area contributed by atoms with E-state index >= 15 is 0 Å². The molecule has 0 aliphatic carbocycles. The third kappa shape index (κ3) is 3.10. The molecule has 0 unspecified atom stereocenters. The van der Waals surface area contributed by atoms with Gasteiger partial charge >= 0.3 is 0 Å². The van der Waals surface area contributed by atoms with Crippen LogP contribution in [0.25, 0.3) is 0 Å². The van der Waals surface area contributed by atoms with Crippen molar-refractivity contribution in [3.63, 3.8) is 0 Å². The van der Waals surface area contributed by atoms with E-state index < -0.39 is 21.8 Å². The summed E-state index contributed by atoms with van der Waals surface area (Å²) < 4.78 is 24.8. The van der Waals surface area contributed by atoms with Crippen LogP contribution in [-0.2, 0) is 14.8 Å². The Morgan fingerprint density at radius 2 is 1.87 bits per heavy atom. The van der Waals surface area contributed by atoms with Gasteiger partial charge in [-0.3, -0.25) is 4.79 Å². The molecule has 1 amide bonds. The molecule has 0 heterocycles. The van der Waals surface area contributed by atoms with E-state index in [1.165, 1.54) is 24.3 Å². The number of halogens is 1. The largest absolute Gasteiger partial charge is 0.399 e. The summed E-state index contributed by atoms with van der Waals surface area (Å²) in [5.41, 5.74) is 5.84. The molecule has 0 saturated heterocycles. The van der Waals surface area contributed by atoms with E-state index in [1.807, 2.05) is 0 Å². The van der Waals surface area contributed by atoms with Crippen LogP contribution in [0.4, 0.5) is 5.69 Å². The van der Waals surface area contributed by atoms with Gasteiger partial charge in [-0.05, 0) is 24.3 Å². The Morgan fingerprint density at radius 1 is 1.33 bits per heavy atom. The predicted molar refractivity (Wildman–Crippen MR) is 56.9 cm³/mol. The summed E-state index contributed by atoms with van der Waals surface area (Å²) in [5.74, 6) is -1.18. The molecular weight excluding hydrogens is 240 g/mol. The van der Waals surface area contributed by atoms with Gasteiger partial charge in [0.25, 0.3) is 10.0 Å². The number of nitrogen functional groups attached to an aromatic ring is 1. The van der Waals surface area contributed by atoms with Crippen LogP contribution in [0.15, 0.2) is 29.2 Å². The van der Waals surface area contributed by atoms with E-state index in [-0.39, 0.29) is 4.90 Å². The maximum atomic E-state index is 11.5. The number of anilines is 1. The van der Waals surface area contributed by atoms with Crippen molar-refractivity contribution in [3.8, 4) is 0 Å². The molecule has 0 bridgehead atoms. The van der Waals surface area contributed by atoms with E-state index in [2.05, 4.69) is 0 Å². The van der Waals surface area contributed by atoms with Crippen LogP contribution < -0.4 is 10.5 Å². The van der Waals surface area contributed by atoms with Crippen molar-refractivity contribution in [3.05, 3.63) is 24.3 Å². The van der Waals surface area contributed by atoms with Crippen molar-refractivity contribution < 1.29 is 13.2 Å². The smallest absolute Gasteiger partial charge is 0.264 e. The predicted octanol–water partition coefficient (Wildman–Crippen LogP) is 0.312. The van der Waals surface area contributed by atoms with Crippen molar-refractivity contribution in [2.75, 3.05) is 11.6 Å². The van der Waals surface area contributed by atoms with Crippen LogP contribution in [0, 0.1) is 0 Å². The fourth-order valence-corrected chi connectivity index (χ4v) is 2.01. The van der Waals surface area contributed by atoms with Gasteiger partial charge in [0.1, 0.15) is 5.88 Å².